The first-order chi connectivity index (χ1) is 6.25. The average Bonchev–Trinajstić information content (AvgIpc) is 2.52. The topological polar surface area (TPSA) is 51.8 Å². The lowest BCUT2D eigenvalue weighted by Crippen LogP contribution is -1.87. The van der Waals surface area contributed by atoms with Crippen LogP contribution < -0.4 is 0 Å². The minimum atomic E-state index is 0.376. The fourth-order valence-electron chi connectivity index (χ4n) is 0.898. The highest BCUT2D eigenvalue weighted by atomic mass is 35.5. The summed E-state index contributed by atoms with van der Waals surface area (Å²) in [7, 11) is 0. The van der Waals surface area contributed by atoms with Crippen LogP contribution in [0.4, 0.5) is 0 Å². The summed E-state index contributed by atoms with van der Waals surface area (Å²) in [5, 5.41) is 0.376. The Morgan fingerprint density at radius 2 is 2.23 bits per heavy atom. The Labute approximate surface area is 79.6 Å². The molecule has 0 saturated heterocycles. The number of hydrogen-bond donors (Lipinski definition) is 0. The van der Waals surface area contributed by atoms with Crippen LogP contribution in [0.5, 0.6) is 0 Å². The second kappa shape index (κ2) is 3.14. The van der Waals surface area contributed by atoms with Gasteiger partial charge in [-0.2, -0.15) is 0 Å². The summed E-state index contributed by atoms with van der Waals surface area (Å²) in [6.45, 7) is 1.81. The molecular weight excluding hydrogens is 190 g/mol. The molecule has 0 atom stereocenters. The van der Waals surface area contributed by atoms with Crippen molar-refractivity contribution in [1.82, 2.24) is 15.0 Å². The number of hydrogen-bond acceptors (Lipinski definition) is 4. The van der Waals surface area contributed by atoms with E-state index in [1.807, 2.05) is 0 Å². The molecule has 0 bridgehead atoms. The number of oxazole rings is 1. The molecule has 0 unspecified atom stereocenters. The number of halogens is 1. The highest BCUT2D eigenvalue weighted by Crippen LogP contribution is 2.15. The third-order valence-corrected chi connectivity index (χ3v) is 1.64. The van der Waals surface area contributed by atoms with E-state index in [9.17, 15) is 0 Å². The highest BCUT2D eigenvalue weighted by molar-refractivity contribution is 6.29. The number of nitrogens with zero attached hydrogens (tertiary/aromatic N) is 3. The Morgan fingerprint density at radius 1 is 1.38 bits per heavy atom. The molecule has 0 aliphatic heterocycles. The Bertz CT molecular complexity index is 427. The normalized spacial score (nSPS) is 10.3. The van der Waals surface area contributed by atoms with Gasteiger partial charge in [-0.1, -0.05) is 11.6 Å². The molecule has 0 aromatic carbocycles. The number of rotatable bonds is 1. The van der Waals surface area contributed by atoms with E-state index < -0.39 is 0 Å². The summed E-state index contributed by atoms with van der Waals surface area (Å²) in [5.41, 5.74) is 0. The third kappa shape index (κ3) is 1.67. The van der Waals surface area contributed by atoms with Crippen molar-refractivity contribution in [3.63, 3.8) is 0 Å². The predicted molar refractivity (Wildman–Crippen MR) is 47.3 cm³/mol. The third-order valence-electron chi connectivity index (χ3n) is 1.43. The van der Waals surface area contributed by atoms with Crippen LogP contribution in [0.25, 0.3) is 11.7 Å². The average molecular weight is 196 g/mol. The quantitative estimate of drug-likeness (QED) is 0.654. The second-order valence-electron chi connectivity index (χ2n) is 2.48. The summed E-state index contributed by atoms with van der Waals surface area (Å²) in [6.07, 6.45) is 3.17. The number of aryl methyl sites for hydroxylation is 1. The van der Waals surface area contributed by atoms with Gasteiger partial charge in [-0.05, 0) is 13.0 Å². The lowest BCUT2D eigenvalue weighted by atomic mass is 10.5. The summed E-state index contributed by atoms with van der Waals surface area (Å²) in [5.74, 6) is 1.51. The van der Waals surface area contributed by atoms with Crippen LogP contribution >= 0.6 is 11.6 Å². The molecule has 2 rings (SSSR count). The molecule has 2 aromatic heterocycles. The SMILES string of the molecule is Cc1cnc(-c2nccc(Cl)n2)o1. The summed E-state index contributed by atoms with van der Waals surface area (Å²) < 4.78 is 5.23. The Kier molecular flexibility index (Phi) is 1.98. The zero-order valence-electron chi connectivity index (χ0n) is 6.86. The first-order valence-electron chi connectivity index (χ1n) is 3.67. The van der Waals surface area contributed by atoms with E-state index in [1.165, 1.54) is 0 Å². The van der Waals surface area contributed by atoms with Crippen LogP contribution in [0.2, 0.25) is 5.15 Å². The molecule has 0 radical (unpaired) electrons. The van der Waals surface area contributed by atoms with Gasteiger partial charge in [-0.15, -0.1) is 0 Å². The van der Waals surface area contributed by atoms with Crippen molar-refractivity contribution >= 4 is 11.6 Å². The van der Waals surface area contributed by atoms with Gasteiger partial charge in [0.15, 0.2) is 0 Å². The maximum Gasteiger partial charge on any atom is 0.265 e. The molecule has 0 saturated carbocycles. The molecule has 2 aromatic rings. The van der Waals surface area contributed by atoms with Crippen molar-refractivity contribution in [2.24, 2.45) is 0 Å². The molecular formula is C8H6ClN3O. The highest BCUT2D eigenvalue weighted by Gasteiger charge is 2.07. The summed E-state index contributed by atoms with van der Waals surface area (Å²) in [4.78, 5) is 11.9. The van der Waals surface area contributed by atoms with Gasteiger partial charge in [0.25, 0.3) is 5.89 Å². The van der Waals surface area contributed by atoms with E-state index in [4.69, 9.17) is 16.0 Å². The van der Waals surface area contributed by atoms with Crippen LogP contribution in [0.1, 0.15) is 5.76 Å². The molecule has 66 valence electrons. The molecule has 0 amide bonds. The van der Waals surface area contributed by atoms with E-state index in [1.54, 1.807) is 25.4 Å². The minimum absolute atomic E-state index is 0.376. The second-order valence-corrected chi connectivity index (χ2v) is 2.87. The monoisotopic (exact) mass is 195 g/mol. The Balaban J connectivity index is 2.46. The first kappa shape index (κ1) is 8.19. The summed E-state index contributed by atoms with van der Waals surface area (Å²) in [6, 6.07) is 1.60. The molecule has 0 fully saturated rings. The van der Waals surface area contributed by atoms with Crippen LogP contribution in [-0.4, -0.2) is 15.0 Å². The maximum atomic E-state index is 5.68. The predicted octanol–water partition coefficient (Wildman–Crippen LogP) is 2.09. The molecule has 13 heavy (non-hydrogen) atoms. The van der Waals surface area contributed by atoms with Gasteiger partial charge >= 0.3 is 0 Å². The fraction of sp³-hybridized carbons (Fsp3) is 0.125. The van der Waals surface area contributed by atoms with Crippen molar-refractivity contribution in [1.29, 1.82) is 0 Å². The molecule has 0 aliphatic carbocycles. The molecule has 0 spiro atoms. The Morgan fingerprint density at radius 3 is 2.85 bits per heavy atom. The van der Waals surface area contributed by atoms with Crippen molar-refractivity contribution < 1.29 is 4.42 Å². The van der Waals surface area contributed by atoms with E-state index in [0.717, 1.165) is 5.76 Å². The molecule has 5 heteroatoms. The maximum absolute atomic E-state index is 5.68. The van der Waals surface area contributed by atoms with Crippen LogP contribution in [0.15, 0.2) is 22.9 Å². The van der Waals surface area contributed by atoms with Gasteiger partial charge in [0.05, 0.1) is 6.20 Å². The first-order valence-corrected chi connectivity index (χ1v) is 4.05. The largest absolute Gasteiger partial charge is 0.439 e. The van der Waals surface area contributed by atoms with Crippen LogP contribution in [-0.2, 0) is 0 Å². The number of aromatic nitrogens is 3. The van der Waals surface area contributed by atoms with Gasteiger partial charge in [-0.25, -0.2) is 15.0 Å². The fourth-order valence-corrected chi connectivity index (χ4v) is 1.03. The van der Waals surface area contributed by atoms with Crippen LogP contribution in [0.3, 0.4) is 0 Å². The van der Waals surface area contributed by atoms with E-state index in [0.29, 0.717) is 16.9 Å². The van der Waals surface area contributed by atoms with Gasteiger partial charge < -0.3 is 4.42 Å². The lowest BCUT2D eigenvalue weighted by molar-refractivity contribution is 0.538. The van der Waals surface area contributed by atoms with E-state index in [2.05, 4.69) is 15.0 Å². The Hall–Kier alpha value is -1.42. The standard InChI is InChI=1S/C8H6ClN3O/c1-5-4-11-8(13-5)7-10-3-2-6(9)12-7/h2-4H,1H3. The molecule has 4 nitrogen and oxygen atoms in total. The lowest BCUT2D eigenvalue weighted by Gasteiger charge is -1.92. The van der Waals surface area contributed by atoms with Gasteiger partial charge in [-0.3, -0.25) is 0 Å². The smallest absolute Gasteiger partial charge is 0.265 e. The zero-order chi connectivity index (χ0) is 9.26. The molecule has 2 heterocycles. The van der Waals surface area contributed by atoms with E-state index in [-0.39, 0.29) is 0 Å². The van der Waals surface area contributed by atoms with Crippen molar-refractivity contribution in [2.75, 3.05) is 0 Å². The zero-order valence-corrected chi connectivity index (χ0v) is 7.62. The van der Waals surface area contributed by atoms with Crippen molar-refractivity contribution in [3.8, 4) is 11.7 Å². The van der Waals surface area contributed by atoms with Gasteiger partial charge in [0.2, 0.25) is 5.82 Å². The summed E-state index contributed by atoms with van der Waals surface area (Å²) >= 11 is 5.68. The van der Waals surface area contributed by atoms with Gasteiger partial charge in [0.1, 0.15) is 10.9 Å². The molecule has 0 aliphatic rings. The van der Waals surface area contributed by atoms with Gasteiger partial charge in [0, 0.05) is 6.20 Å². The van der Waals surface area contributed by atoms with Crippen LogP contribution in [0, 0.1) is 6.92 Å². The van der Waals surface area contributed by atoms with Crippen molar-refractivity contribution in [2.45, 2.75) is 6.92 Å². The van der Waals surface area contributed by atoms with Crippen molar-refractivity contribution in [3.05, 3.63) is 29.4 Å². The minimum Gasteiger partial charge on any atom is -0.439 e. The van der Waals surface area contributed by atoms with E-state index >= 15 is 0 Å². The molecule has 0 N–H and O–H groups in total.